The van der Waals surface area contributed by atoms with Gasteiger partial charge < -0.3 is 5.32 Å². The number of nitrogens with one attached hydrogen (secondary N) is 1. The fourth-order valence-corrected chi connectivity index (χ4v) is 5.27. The third-order valence-electron chi connectivity index (χ3n) is 6.37. The molecule has 0 aliphatic heterocycles. The van der Waals surface area contributed by atoms with Gasteiger partial charge in [-0.2, -0.15) is 13.2 Å². The largest absolute Gasteiger partial charge is 0.389 e. The lowest BCUT2D eigenvalue weighted by molar-refractivity contribution is -0.144. The molecule has 0 saturated heterocycles. The number of hydrogen-bond acceptors (Lipinski definition) is 7. The number of anilines is 1. The molecule has 4 rings (SSSR count). The number of aromatic nitrogens is 4. The average Bonchev–Trinajstić information content (AvgIpc) is 3.28. The van der Waals surface area contributed by atoms with Crippen molar-refractivity contribution >= 4 is 32.7 Å². The fourth-order valence-electron chi connectivity index (χ4n) is 3.94. The van der Waals surface area contributed by atoms with E-state index in [2.05, 4.69) is 20.3 Å². The fraction of sp³-hybridized carbons (Fsp3) is 0.308. The van der Waals surface area contributed by atoms with Crippen LogP contribution in [0.25, 0.3) is 22.4 Å². The summed E-state index contributed by atoms with van der Waals surface area (Å²) in [7, 11) is -4.00. The zero-order valence-corrected chi connectivity index (χ0v) is 21.8. The van der Waals surface area contributed by atoms with E-state index in [1.165, 1.54) is 43.7 Å². The highest BCUT2D eigenvalue weighted by Crippen LogP contribution is 2.32. The number of aryl methyl sites for hydroxylation is 1. The monoisotopic (exact) mass is 545 g/mol. The van der Waals surface area contributed by atoms with Crippen molar-refractivity contribution in [1.82, 2.24) is 18.9 Å². The highest BCUT2D eigenvalue weighted by molar-refractivity contribution is 7.90. The van der Waals surface area contributed by atoms with Crippen LogP contribution in [0.15, 0.2) is 66.0 Å². The lowest BCUT2D eigenvalue weighted by Crippen LogP contribution is -2.43. The Morgan fingerprint density at radius 3 is 2.42 bits per heavy atom. The van der Waals surface area contributed by atoms with Crippen molar-refractivity contribution in [2.75, 3.05) is 5.32 Å². The Hall–Kier alpha value is -3.80. The molecule has 0 radical (unpaired) electrons. The number of Topliss-reactive ketones (excluding diaryl/α,β-unsaturated/α-hetero) is 1. The summed E-state index contributed by atoms with van der Waals surface area (Å²) >= 11 is 0. The van der Waals surface area contributed by atoms with Crippen LogP contribution in [0.5, 0.6) is 0 Å². The number of alkyl halides is 3. The number of benzene rings is 1. The second-order valence-electron chi connectivity index (χ2n) is 9.15. The number of rotatable bonds is 9. The third kappa shape index (κ3) is 5.54. The van der Waals surface area contributed by atoms with Gasteiger partial charge in [-0.3, -0.25) is 4.79 Å². The molecule has 3 aromatic heterocycles. The van der Waals surface area contributed by atoms with Crippen molar-refractivity contribution in [2.24, 2.45) is 0 Å². The van der Waals surface area contributed by atoms with E-state index in [9.17, 15) is 26.4 Å². The quantitative estimate of drug-likeness (QED) is 0.295. The summed E-state index contributed by atoms with van der Waals surface area (Å²) in [5.74, 6) is -0.222. The Morgan fingerprint density at radius 1 is 1.05 bits per heavy atom. The number of fused-ring (bicyclic) bond motifs is 1. The normalized spacial score (nSPS) is 13.8. The maximum Gasteiger partial charge on any atom is 0.389 e. The molecule has 0 spiro atoms. The Balaban J connectivity index is 1.72. The number of nitrogens with zero attached hydrogens (tertiary/aromatic N) is 4. The van der Waals surface area contributed by atoms with Gasteiger partial charge in [-0.05, 0) is 50.6 Å². The van der Waals surface area contributed by atoms with Crippen LogP contribution < -0.4 is 5.32 Å². The molecule has 3 heterocycles. The van der Waals surface area contributed by atoms with E-state index in [-0.39, 0.29) is 28.6 Å². The van der Waals surface area contributed by atoms with Crippen molar-refractivity contribution < 1.29 is 26.4 Å². The Kier molecular flexibility index (Phi) is 7.29. The summed E-state index contributed by atoms with van der Waals surface area (Å²) in [6.07, 6.45) is -1.79. The number of carbonyl (C=O) groups excluding carboxylic acids is 1. The molecule has 4 aromatic rings. The second-order valence-corrected chi connectivity index (χ2v) is 11.0. The summed E-state index contributed by atoms with van der Waals surface area (Å²) in [4.78, 5) is 25.8. The second kappa shape index (κ2) is 10.2. The summed E-state index contributed by atoms with van der Waals surface area (Å²) in [6.45, 7) is 5.07. The number of hydrogen-bond donors (Lipinski definition) is 1. The van der Waals surface area contributed by atoms with E-state index in [4.69, 9.17) is 0 Å². The topological polar surface area (TPSA) is 107 Å². The third-order valence-corrected chi connectivity index (χ3v) is 8.03. The van der Waals surface area contributed by atoms with Gasteiger partial charge in [0.05, 0.1) is 16.9 Å². The van der Waals surface area contributed by atoms with Gasteiger partial charge in [0.1, 0.15) is 5.82 Å². The van der Waals surface area contributed by atoms with Crippen LogP contribution in [-0.2, 0) is 14.8 Å². The molecule has 0 aliphatic carbocycles. The molecular formula is C26H26F3N5O3S. The zero-order chi connectivity index (χ0) is 27.7. The van der Waals surface area contributed by atoms with Gasteiger partial charge in [-0.15, -0.1) is 0 Å². The molecule has 1 aromatic carbocycles. The molecule has 200 valence electrons. The van der Waals surface area contributed by atoms with Crippen molar-refractivity contribution in [2.45, 2.75) is 56.6 Å². The average molecular weight is 546 g/mol. The first-order valence-electron chi connectivity index (χ1n) is 11.8. The maximum atomic E-state index is 13.5. The number of ketones is 1. The predicted octanol–water partition coefficient (Wildman–Crippen LogP) is 5.53. The number of halogens is 3. The molecule has 38 heavy (non-hydrogen) atoms. The SMILES string of the molecule is CC[C@@](C)(Nc1ccnc(-c2cn(S(=O)(=O)c3ccc(C)cc3)c3ncccc23)n1)C(=O)CCC(F)(F)F. The number of pyridine rings is 1. The molecule has 0 unspecified atom stereocenters. The van der Waals surface area contributed by atoms with Crippen molar-refractivity contribution in [3.05, 3.63) is 66.6 Å². The first-order chi connectivity index (χ1) is 17.8. The molecule has 1 N–H and O–H groups in total. The first kappa shape index (κ1) is 27.2. The van der Waals surface area contributed by atoms with Gasteiger partial charge >= 0.3 is 6.18 Å². The Labute approximate surface area is 218 Å². The standard InChI is InChI=1S/C26H26F3N5O3S/c1-4-25(3,21(35)11-13-26(27,28)29)33-22-12-15-30-23(32-22)20-16-34(24-19(20)6-5-14-31-24)38(36,37)18-9-7-17(2)8-10-18/h5-10,12,14-16H,4,11,13H2,1-3H3,(H,30,32,33)/t25-/m1/s1. The van der Waals surface area contributed by atoms with Crippen LogP contribution >= 0.6 is 0 Å². The van der Waals surface area contributed by atoms with Gasteiger partial charge in [0, 0.05) is 36.0 Å². The van der Waals surface area contributed by atoms with Crippen LogP contribution in [-0.4, -0.2) is 44.8 Å². The molecule has 1 atom stereocenters. The molecule has 8 nitrogen and oxygen atoms in total. The van der Waals surface area contributed by atoms with Gasteiger partial charge in [0.15, 0.2) is 17.3 Å². The Morgan fingerprint density at radius 2 is 1.76 bits per heavy atom. The highest BCUT2D eigenvalue weighted by atomic mass is 32.2. The summed E-state index contributed by atoms with van der Waals surface area (Å²) in [5, 5.41) is 3.44. The molecule has 0 bridgehead atoms. The summed E-state index contributed by atoms with van der Waals surface area (Å²) < 4.78 is 66.0. The van der Waals surface area contributed by atoms with Crippen LogP contribution in [0, 0.1) is 6.92 Å². The molecule has 0 amide bonds. The van der Waals surface area contributed by atoms with Gasteiger partial charge in [0.2, 0.25) is 0 Å². The van der Waals surface area contributed by atoms with Crippen LogP contribution in [0.3, 0.4) is 0 Å². The highest BCUT2D eigenvalue weighted by Gasteiger charge is 2.35. The van der Waals surface area contributed by atoms with Crippen molar-refractivity contribution in [3.8, 4) is 11.4 Å². The zero-order valence-electron chi connectivity index (χ0n) is 21.0. The van der Waals surface area contributed by atoms with Gasteiger partial charge in [-0.25, -0.2) is 27.3 Å². The number of carbonyl (C=O) groups is 1. The van der Waals surface area contributed by atoms with E-state index < -0.39 is 40.4 Å². The van der Waals surface area contributed by atoms with Crippen molar-refractivity contribution in [1.29, 1.82) is 0 Å². The minimum Gasteiger partial charge on any atom is -0.358 e. The van der Waals surface area contributed by atoms with Crippen LogP contribution in [0.1, 0.15) is 38.7 Å². The predicted molar refractivity (Wildman–Crippen MR) is 137 cm³/mol. The van der Waals surface area contributed by atoms with E-state index in [0.717, 1.165) is 9.54 Å². The first-order valence-corrected chi connectivity index (χ1v) is 13.3. The van der Waals surface area contributed by atoms with Crippen LogP contribution in [0.2, 0.25) is 0 Å². The smallest absolute Gasteiger partial charge is 0.358 e. The lowest BCUT2D eigenvalue weighted by Gasteiger charge is -2.29. The van der Waals surface area contributed by atoms with Crippen molar-refractivity contribution in [3.63, 3.8) is 0 Å². The van der Waals surface area contributed by atoms with E-state index in [1.807, 2.05) is 6.92 Å². The minimum atomic E-state index is -4.44. The molecule has 0 aliphatic rings. The van der Waals surface area contributed by atoms with E-state index in [0.29, 0.717) is 10.9 Å². The van der Waals surface area contributed by atoms with E-state index >= 15 is 0 Å². The molecule has 0 saturated carbocycles. The summed E-state index contributed by atoms with van der Waals surface area (Å²) in [6, 6.07) is 11.3. The maximum absolute atomic E-state index is 13.5. The molecule has 12 heteroatoms. The van der Waals surface area contributed by atoms with E-state index in [1.54, 1.807) is 31.2 Å². The Bertz CT molecular complexity index is 1580. The van der Waals surface area contributed by atoms with Crippen LogP contribution in [0.4, 0.5) is 19.0 Å². The van der Waals surface area contributed by atoms with Gasteiger partial charge in [0.25, 0.3) is 10.0 Å². The minimum absolute atomic E-state index is 0.0876. The molecular weight excluding hydrogens is 519 g/mol. The van der Waals surface area contributed by atoms with Gasteiger partial charge in [-0.1, -0.05) is 24.6 Å². The lowest BCUT2D eigenvalue weighted by atomic mass is 9.90. The summed E-state index contributed by atoms with van der Waals surface area (Å²) in [5.41, 5.74) is 0.190. The molecule has 0 fully saturated rings.